The molecule has 0 bridgehead atoms. The Bertz CT molecular complexity index is 295. The third-order valence-electron chi connectivity index (χ3n) is 3.84. The van der Waals surface area contributed by atoms with E-state index in [1.165, 1.54) is 44.9 Å². The van der Waals surface area contributed by atoms with E-state index in [-0.39, 0.29) is 5.66 Å². The molecular formula is C17H34ClO2P. The van der Waals surface area contributed by atoms with Crippen molar-refractivity contribution < 1.29 is 9.09 Å². The van der Waals surface area contributed by atoms with Crippen LogP contribution >= 0.6 is 18.0 Å². The Morgan fingerprint density at radius 3 is 2.14 bits per heavy atom. The highest BCUT2D eigenvalue weighted by Crippen LogP contribution is 2.59. The highest BCUT2D eigenvalue weighted by Gasteiger charge is 2.30. The molecule has 0 amide bonds. The van der Waals surface area contributed by atoms with Gasteiger partial charge in [0.1, 0.15) is 0 Å². The second-order valence-corrected chi connectivity index (χ2v) is 9.17. The van der Waals surface area contributed by atoms with E-state index in [0.717, 1.165) is 25.7 Å². The van der Waals surface area contributed by atoms with Crippen LogP contribution in [0.25, 0.3) is 0 Å². The summed E-state index contributed by atoms with van der Waals surface area (Å²) >= 11 is 6.13. The van der Waals surface area contributed by atoms with Crippen molar-refractivity contribution >= 4 is 18.0 Å². The molecule has 21 heavy (non-hydrogen) atoms. The van der Waals surface area contributed by atoms with Gasteiger partial charge < -0.3 is 4.52 Å². The Morgan fingerprint density at radius 1 is 1.05 bits per heavy atom. The number of allylic oxidation sites excluding steroid dienone is 1. The normalized spacial score (nSPS) is 15.6. The van der Waals surface area contributed by atoms with Gasteiger partial charge in [-0.2, -0.15) is 0 Å². The average molecular weight is 337 g/mol. The minimum Gasteiger partial charge on any atom is -0.318 e. The van der Waals surface area contributed by atoms with Gasteiger partial charge in [0.05, 0.1) is 12.3 Å². The van der Waals surface area contributed by atoms with Gasteiger partial charge in [-0.15, -0.1) is 6.58 Å². The van der Waals surface area contributed by atoms with Crippen LogP contribution in [0.2, 0.25) is 0 Å². The lowest BCUT2D eigenvalue weighted by Crippen LogP contribution is -2.08. The smallest absolute Gasteiger partial charge is 0.293 e. The van der Waals surface area contributed by atoms with Crippen molar-refractivity contribution in [1.29, 1.82) is 0 Å². The van der Waals surface area contributed by atoms with Gasteiger partial charge in [0, 0.05) is 0 Å². The summed E-state index contributed by atoms with van der Waals surface area (Å²) in [6.45, 7) is 5.26. The lowest BCUT2D eigenvalue weighted by molar-refractivity contribution is 0.333. The standard InChI is InChI=1S/C17H34ClO2P/c1-4-7-9-10-11-12-13-14-16-17(15-8-5-2)21(18,19)20-6-3/h5,17H,2,4,6-16H2,1,3H3. The zero-order valence-corrected chi connectivity index (χ0v) is 15.6. The fourth-order valence-corrected chi connectivity index (χ4v) is 4.95. The number of hydrogen-bond donors (Lipinski definition) is 0. The zero-order valence-electron chi connectivity index (χ0n) is 14.0. The number of unbranched alkanes of at least 4 members (excludes halogenated alkanes) is 7. The lowest BCUT2D eigenvalue weighted by Gasteiger charge is -2.21. The predicted molar refractivity (Wildman–Crippen MR) is 95.5 cm³/mol. The van der Waals surface area contributed by atoms with Crippen molar-refractivity contribution in [3.05, 3.63) is 12.7 Å². The Balaban J connectivity index is 3.91. The third kappa shape index (κ3) is 11.4. The largest absolute Gasteiger partial charge is 0.318 e. The summed E-state index contributed by atoms with van der Waals surface area (Å²) in [7, 11) is 0. The van der Waals surface area contributed by atoms with Gasteiger partial charge in [-0.1, -0.05) is 64.4 Å². The summed E-state index contributed by atoms with van der Waals surface area (Å²) < 4.78 is 17.7. The van der Waals surface area contributed by atoms with Crippen LogP contribution in [-0.4, -0.2) is 12.3 Å². The zero-order chi connectivity index (χ0) is 16.0. The second kappa shape index (κ2) is 13.9. The Hall–Kier alpha value is 0.220. The first-order valence-corrected chi connectivity index (χ1v) is 11.2. The maximum absolute atomic E-state index is 12.4. The van der Waals surface area contributed by atoms with Crippen molar-refractivity contribution in [2.45, 2.75) is 90.1 Å². The van der Waals surface area contributed by atoms with Crippen LogP contribution in [-0.2, 0) is 9.09 Å². The van der Waals surface area contributed by atoms with Crippen molar-refractivity contribution in [2.24, 2.45) is 0 Å². The summed E-state index contributed by atoms with van der Waals surface area (Å²) in [6.07, 6.45) is 14.7. The topological polar surface area (TPSA) is 26.3 Å². The van der Waals surface area contributed by atoms with Gasteiger partial charge >= 0.3 is 0 Å². The molecule has 0 radical (unpaired) electrons. The van der Waals surface area contributed by atoms with Gasteiger partial charge in [-0.3, -0.25) is 4.57 Å². The molecule has 0 N–H and O–H groups in total. The molecule has 0 aliphatic heterocycles. The van der Waals surface area contributed by atoms with Crippen LogP contribution in [0.15, 0.2) is 12.7 Å². The van der Waals surface area contributed by atoms with E-state index in [0.29, 0.717) is 6.61 Å². The molecule has 0 aromatic heterocycles. The van der Waals surface area contributed by atoms with E-state index in [1.807, 2.05) is 13.0 Å². The Labute approximate surface area is 136 Å². The van der Waals surface area contributed by atoms with Crippen LogP contribution < -0.4 is 0 Å². The highest BCUT2D eigenvalue weighted by atomic mass is 35.7. The average Bonchev–Trinajstić information content (AvgIpc) is 2.44. The monoisotopic (exact) mass is 336 g/mol. The molecule has 4 heteroatoms. The molecule has 2 atom stereocenters. The van der Waals surface area contributed by atoms with Gasteiger partial charge in [0.25, 0.3) is 6.72 Å². The predicted octanol–water partition coefficient (Wildman–Crippen LogP) is 7.32. The molecular weight excluding hydrogens is 303 g/mol. The maximum atomic E-state index is 12.4. The fraction of sp³-hybridized carbons (Fsp3) is 0.882. The molecule has 0 aromatic rings. The molecule has 0 aliphatic carbocycles. The van der Waals surface area contributed by atoms with Gasteiger partial charge in [0.2, 0.25) is 0 Å². The van der Waals surface area contributed by atoms with E-state index < -0.39 is 6.72 Å². The van der Waals surface area contributed by atoms with Crippen molar-refractivity contribution in [1.82, 2.24) is 0 Å². The first-order chi connectivity index (χ1) is 10.1. The van der Waals surface area contributed by atoms with Crippen molar-refractivity contribution in [3.63, 3.8) is 0 Å². The number of hydrogen-bond acceptors (Lipinski definition) is 2. The molecule has 0 fully saturated rings. The molecule has 0 saturated carbocycles. The summed E-state index contributed by atoms with van der Waals surface area (Å²) in [5, 5.41) is 0. The maximum Gasteiger partial charge on any atom is 0.293 e. The number of rotatable bonds is 15. The highest BCUT2D eigenvalue weighted by molar-refractivity contribution is 7.85. The molecule has 0 spiro atoms. The molecule has 0 heterocycles. The molecule has 126 valence electrons. The Kier molecular flexibility index (Phi) is 14.0. The van der Waals surface area contributed by atoms with E-state index in [9.17, 15) is 4.57 Å². The quantitative estimate of drug-likeness (QED) is 0.178. The first kappa shape index (κ1) is 21.2. The van der Waals surface area contributed by atoms with Crippen molar-refractivity contribution in [2.75, 3.05) is 6.61 Å². The summed E-state index contributed by atoms with van der Waals surface area (Å²) in [6, 6.07) is 0. The lowest BCUT2D eigenvalue weighted by atomic mass is 10.0. The molecule has 0 aromatic carbocycles. The van der Waals surface area contributed by atoms with Gasteiger partial charge in [0.15, 0.2) is 0 Å². The first-order valence-electron chi connectivity index (χ1n) is 8.63. The minimum absolute atomic E-state index is 0.0165. The van der Waals surface area contributed by atoms with E-state index in [4.69, 9.17) is 15.8 Å². The Morgan fingerprint density at radius 2 is 1.62 bits per heavy atom. The van der Waals surface area contributed by atoms with Gasteiger partial charge in [-0.25, -0.2) is 0 Å². The fourth-order valence-electron chi connectivity index (χ4n) is 2.56. The van der Waals surface area contributed by atoms with E-state index in [2.05, 4.69) is 13.5 Å². The SMILES string of the molecule is C=CCCC(CCCCCCCCCC)P(=O)(Cl)OCC. The summed E-state index contributed by atoms with van der Waals surface area (Å²) in [5.74, 6) is 0. The van der Waals surface area contributed by atoms with Crippen LogP contribution in [0.4, 0.5) is 0 Å². The molecule has 2 unspecified atom stereocenters. The molecule has 0 aliphatic rings. The van der Waals surface area contributed by atoms with Gasteiger partial charge in [-0.05, 0) is 37.4 Å². The third-order valence-corrected chi connectivity index (χ3v) is 6.96. The van der Waals surface area contributed by atoms with E-state index >= 15 is 0 Å². The summed E-state index contributed by atoms with van der Waals surface area (Å²) in [4.78, 5) is 0. The van der Waals surface area contributed by atoms with E-state index in [1.54, 1.807) is 0 Å². The summed E-state index contributed by atoms with van der Waals surface area (Å²) in [5.41, 5.74) is -0.0165. The molecule has 0 rings (SSSR count). The molecule has 0 saturated heterocycles. The number of halogens is 1. The van der Waals surface area contributed by atoms with Crippen LogP contribution in [0.3, 0.4) is 0 Å². The second-order valence-electron chi connectivity index (χ2n) is 5.72. The van der Waals surface area contributed by atoms with Crippen molar-refractivity contribution in [3.8, 4) is 0 Å². The van der Waals surface area contributed by atoms with Crippen LogP contribution in [0.1, 0.15) is 84.5 Å². The van der Waals surface area contributed by atoms with Crippen LogP contribution in [0, 0.1) is 0 Å². The molecule has 2 nitrogen and oxygen atoms in total. The minimum atomic E-state index is -2.98. The van der Waals surface area contributed by atoms with Crippen LogP contribution in [0.5, 0.6) is 0 Å².